The molecule has 1 N–H and O–H groups in total. The van der Waals surface area contributed by atoms with E-state index in [1.165, 1.54) is 6.42 Å². The zero-order valence-electron chi connectivity index (χ0n) is 14.2. The normalized spacial score (nSPS) is 14.1. The molecular weight excluding hydrogens is 306 g/mol. The van der Waals surface area contributed by atoms with E-state index in [0.717, 1.165) is 37.5 Å². The lowest BCUT2D eigenvalue weighted by atomic mass is 10.2. The van der Waals surface area contributed by atoms with Crippen molar-refractivity contribution in [3.05, 3.63) is 35.5 Å². The van der Waals surface area contributed by atoms with Crippen LogP contribution in [0.4, 0.5) is 5.82 Å². The number of nitrogens with one attached hydrogen (secondary N) is 1. The molecule has 7 nitrogen and oxygen atoms in total. The van der Waals surface area contributed by atoms with Crippen molar-refractivity contribution in [1.29, 1.82) is 0 Å². The van der Waals surface area contributed by atoms with Crippen molar-refractivity contribution in [3.8, 4) is 0 Å². The Morgan fingerprint density at radius 2 is 2.21 bits per heavy atom. The zero-order valence-corrected chi connectivity index (χ0v) is 14.2. The molecule has 128 valence electrons. The van der Waals surface area contributed by atoms with Gasteiger partial charge in [0.1, 0.15) is 17.2 Å². The van der Waals surface area contributed by atoms with E-state index in [9.17, 15) is 4.79 Å². The number of anilines is 1. The molecule has 0 atom stereocenters. The molecule has 24 heavy (non-hydrogen) atoms. The maximum atomic E-state index is 12.2. The number of aryl methyl sites for hydroxylation is 1. The van der Waals surface area contributed by atoms with Gasteiger partial charge in [-0.3, -0.25) is 0 Å². The largest absolute Gasteiger partial charge is 0.459 e. The minimum atomic E-state index is -0.374. The molecule has 7 heteroatoms. The van der Waals surface area contributed by atoms with Crippen LogP contribution in [0, 0.1) is 0 Å². The highest BCUT2D eigenvalue weighted by Gasteiger charge is 2.17. The summed E-state index contributed by atoms with van der Waals surface area (Å²) in [6.45, 7) is 5.08. The van der Waals surface area contributed by atoms with Gasteiger partial charge in [0.05, 0.1) is 12.6 Å². The zero-order chi connectivity index (χ0) is 16.9. The van der Waals surface area contributed by atoms with Crippen molar-refractivity contribution < 1.29 is 9.53 Å². The van der Waals surface area contributed by atoms with E-state index in [-0.39, 0.29) is 12.1 Å². The molecule has 3 rings (SSSR count). The molecule has 2 aromatic heterocycles. The van der Waals surface area contributed by atoms with Crippen LogP contribution >= 0.6 is 0 Å². The monoisotopic (exact) mass is 329 g/mol. The predicted octanol–water partition coefficient (Wildman–Crippen LogP) is 2.58. The quantitative estimate of drug-likeness (QED) is 0.849. The van der Waals surface area contributed by atoms with Gasteiger partial charge in [-0.15, -0.1) is 10.2 Å². The first-order valence-electron chi connectivity index (χ1n) is 8.46. The van der Waals surface area contributed by atoms with Crippen molar-refractivity contribution in [2.24, 2.45) is 0 Å². The van der Waals surface area contributed by atoms with Gasteiger partial charge in [0.25, 0.3) is 0 Å². The summed E-state index contributed by atoms with van der Waals surface area (Å²) in [5.74, 6) is 2.06. The number of ether oxygens (including phenoxy) is 1. The molecule has 0 fully saturated rings. The summed E-state index contributed by atoms with van der Waals surface area (Å²) >= 11 is 0. The number of rotatable bonds is 5. The Balaban J connectivity index is 1.74. The Kier molecular flexibility index (Phi) is 5.08. The molecule has 1 aliphatic heterocycles. The summed E-state index contributed by atoms with van der Waals surface area (Å²) in [5, 5.41) is 11.8. The van der Waals surface area contributed by atoms with Gasteiger partial charge in [-0.1, -0.05) is 6.42 Å². The number of nitrogens with zero attached hydrogens (tertiary/aromatic N) is 4. The van der Waals surface area contributed by atoms with E-state index in [1.54, 1.807) is 18.3 Å². The number of pyridine rings is 1. The highest BCUT2D eigenvalue weighted by Crippen LogP contribution is 2.17. The van der Waals surface area contributed by atoms with Crippen LogP contribution in [0.5, 0.6) is 0 Å². The standard InChI is InChI=1S/C17H23N5O2/c1-12(2)24-17(23)13-7-6-9-18-16(13)19-11-15-21-20-14-8-4-3-5-10-22(14)15/h6-7,9,12H,3-5,8,10-11H2,1-2H3,(H,18,19). The van der Waals surface area contributed by atoms with Crippen molar-refractivity contribution >= 4 is 11.8 Å². The van der Waals surface area contributed by atoms with Crippen LogP contribution in [0.2, 0.25) is 0 Å². The van der Waals surface area contributed by atoms with Gasteiger partial charge in [-0.05, 0) is 38.8 Å². The smallest absolute Gasteiger partial charge is 0.342 e. The second-order valence-corrected chi connectivity index (χ2v) is 6.20. The number of fused-ring (bicyclic) bond motifs is 1. The van der Waals surface area contributed by atoms with Crippen molar-refractivity contribution in [1.82, 2.24) is 19.7 Å². The van der Waals surface area contributed by atoms with Gasteiger partial charge in [0, 0.05) is 19.2 Å². The van der Waals surface area contributed by atoms with Crippen LogP contribution in [0.25, 0.3) is 0 Å². The fourth-order valence-electron chi connectivity index (χ4n) is 2.83. The molecule has 0 saturated heterocycles. The minimum absolute atomic E-state index is 0.169. The van der Waals surface area contributed by atoms with Gasteiger partial charge in [-0.25, -0.2) is 9.78 Å². The molecule has 0 unspecified atom stereocenters. The average Bonchev–Trinajstić information content (AvgIpc) is 2.79. The number of carbonyl (C=O) groups is 1. The van der Waals surface area contributed by atoms with Crippen LogP contribution in [-0.4, -0.2) is 31.8 Å². The van der Waals surface area contributed by atoms with Crippen LogP contribution in [0.1, 0.15) is 55.1 Å². The summed E-state index contributed by atoms with van der Waals surface area (Å²) in [6.07, 6.45) is 5.99. The van der Waals surface area contributed by atoms with Crippen molar-refractivity contribution in [2.45, 2.75) is 58.7 Å². The van der Waals surface area contributed by atoms with Crippen LogP contribution in [0.15, 0.2) is 18.3 Å². The van der Waals surface area contributed by atoms with Crippen LogP contribution < -0.4 is 5.32 Å². The molecule has 1 aliphatic rings. The molecule has 0 spiro atoms. The molecular formula is C17H23N5O2. The highest BCUT2D eigenvalue weighted by molar-refractivity contribution is 5.94. The van der Waals surface area contributed by atoms with Crippen molar-refractivity contribution in [2.75, 3.05) is 5.32 Å². The SMILES string of the molecule is CC(C)OC(=O)c1cccnc1NCc1nnc2n1CCCCC2. The third-order valence-corrected chi connectivity index (χ3v) is 3.97. The van der Waals surface area contributed by atoms with Crippen molar-refractivity contribution in [3.63, 3.8) is 0 Å². The van der Waals surface area contributed by atoms with Gasteiger partial charge < -0.3 is 14.6 Å². The van der Waals surface area contributed by atoms with Gasteiger partial charge in [-0.2, -0.15) is 0 Å². The molecule has 0 aliphatic carbocycles. The lowest BCUT2D eigenvalue weighted by Gasteiger charge is -2.12. The third kappa shape index (κ3) is 3.72. The maximum absolute atomic E-state index is 12.2. The Morgan fingerprint density at radius 1 is 1.33 bits per heavy atom. The second-order valence-electron chi connectivity index (χ2n) is 6.20. The Bertz CT molecular complexity index is 711. The average molecular weight is 329 g/mol. The third-order valence-electron chi connectivity index (χ3n) is 3.97. The summed E-state index contributed by atoms with van der Waals surface area (Å²) in [6, 6.07) is 3.44. The van der Waals surface area contributed by atoms with Gasteiger partial charge in [0.15, 0.2) is 5.82 Å². The molecule has 0 amide bonds. The van der Waals surface area contributed by atoms with E-state index < -0.39 is 0 Å². The molecule has 2 aromatic rings. The number of esters is 1. The predicted molar refractivity (Wildman–Crippen MR) is 89.7 cm³/mol. The summed E-state index contributed by atoms with van der Waals surface area (Å²) in [4.78, 5) is 16.4. The summed E-state index contributed by atoms with van der Waals surface area (Å²) < 4.78 is 7.44. The van der Waals surface area contributed by atoms with E-state index in [1.807, 2.05) is 13.8 Å². The fraction of sp³-hybridized carbons (Fsp3) is 0.529. The molecule has 3 heterocycles. The molecule has 0 saturated carbocycles. The molecule has 0 radical (unpaired) electrons. The Labute approximate surface area is 141 Å². The lowest BCUT2D eigenvalue weighted by Crippen LogP contribution is -2.16. The van der Waals surface area contributed by atoms with Gasteiger partial charge in [0.2, 0.25) is 0 Å². The fourth-order valence-corrected chi connectivity index (χ4v) is 2.83. The molecule has 0 bridgehead atoms. The lowest BCUT2D eigenvalue weighted by molar-refractivity contribution is 0.0378. The van der Waals surface area contributed by atoms with Crippen LogP contribution in [0.3, 0.4) is 0 Å². The van der Waals surface area contributed by atoms with Gasteiger partial charge >= 0.3 is 5.97 Å². The first kappa shape index (κ1) is 16.4. The Hall–Kier alpha value is -2.44. The van der Waals surface area contributed by atoms with E-state index in [0.29, 0.717) is 17.9 Å². The maximum Gasteiger partial charge on any atom is 0.342 e. The first-order chi connectivity index (χ1) is 11.6. The Morgan fingerprint density at radius 3 is 3.04 bits per heavy atom. The van der Waals surface area contributed by atoms with E-state index in [2.05, 4.69) is 25.1 Å². The first-order valence-corrected chi connectivity index (χ1v) is 8.46. The van der Waals surface area contributed by atoms with Crippen LogP contribution in [-0.2, 0) is 24.2 Å². The minimum Gasteiger partial charge on any atom is -0.459 e. The number of aromatic nitrogens is 4. The number of carbonyl (C=O) groups excluding carboxylic acids is 1. The summed E-state index contributed by atoms with van der Waals surface area (Å²) in [7, 11) is 0. The number of hydrogen-bond donors (Lipinski definition) is 1. The van der Waals surface area contributed by atoms with E-state index in [4.69, 9.17) is 4.74 Å². The topological polar surface area (TPSA) is 81.9 Å². The molecule has 0 aromatic carbocycles. The second kappa shape index (κ2) is 7.42. The highest BCUT2D eigenvalue weighted by atomic mass is 16.5. The summed E-state index contributed by atoms with van der Waals surface area (Å²) in [5.41, 5.74) is 0.432. The van der Waals surface area contributed by atoms with E-state index >= 15 is 0 Å². The number of hydrogen-bond acceptors (Lipinski definition) is 6.